The van der Waals surface area contributed by atoms with Gasteiger partial charge in [0, 0.05) is 28.7 Å². The minimum Gasteiger partial charge on any atom is -0.508 e. The summed E-state index contributed by atoms with van der Waals surface area (Å²) < 4.78 is 2.06. The zero-order valence-electron chi connectivity index (χ0n) is 14.2. The molecule has 2 aromatic heterocycles. The van der Waals surface area contributed by atoms with Crippen molar-refractivity contribution in [2.75, 3.05) is 5.43 Å². The van der Waals surface area contributed by atoms with Crippen LogP contribution in [0.5, 0.6) is 5.75 Å². The maximum Gasteiger partial charge on any atom is 0.287 e. The molecule has 3 aromatic rings. The van der Waals surface area contributed by atoms with Crippen molar-refractivity contribution in [1.82, 2.24) is 9.55 Å². The molecule has 3 rings (SSSR count). The van der Waals surface area contributed by atoms with Gasteiger partial charge in [-0.2, -0.15) is 5.10 Å². The molecular formula is C18H17N5O3. The summed E-state index contributed by atoms with van der Waals surface area (Å²) >= 11 is 0. The first kappa shape index (κ1) is 17.2. The maximum absolute atomic E-state index is 10.6. The number of nitrogens with one attached hydrogen (secondary N) is 1. The number of anilines is 1. The van der Waals surface area contributed by atoms with Crippen LogP contribution in [0, 0.1) is 24.0 Å². The summed E-state index contributed by atoms with van der Waals surface area (Å²) in [4.78, 5) is 14.1. The second-order valence-electron chi connectivity index (χ2n) is 5.71. The molecule has 0 spiro atoms. The lowest BCUT2D eigenvalue weighted by atomic mass is 10.2. The van der Waals surface area contributed by atoms with Gasteiger partial charge in [0.05, 0.1) is 11.1 Å². The number of hydrogen-bond acceptors (Lipinski definition) is 6. The molecule has 0 bridgehead atoms. The number of pyridine rings is 1. The first-order valence-corrected chi connectivity index (χ1v) is 7.83. The first-order valence-electron chi connectivity index (χ1n) is 7.83. The van der Waals surface area contributed by atoms with Crippen LogP contribution in [-0.4, -0.2) is 25.8 Å². The number of phenolic OH excluding ortho intramolecular Hbond substituents is 1. The van der Waals surface area contributed by atoms with E-state index in [0.29, 0.717) is 5.82 Å². The highest BCUT2D eigenvalue weighted by Crippen LogP contribution is 2.21. The fourth-order valence-electron chi connectivity index (χ4n) is 2.65. The van der Waals surface area contributed by atoms with E-state index in [-0.39, 0.29) is 11.4 Å². The standard InChI is InChI=1S/C18H17N5O3/c1-12-9-14(13(2)22(12)15-3-6-17(24)7-4-15)10-20-21-18-8-5-16(11-19-18)23(25)26/h3-11,24H,1-2H3,(H,19,21). The van der Waals surface area contributed by atoms with Crippen LogP contribution in [-0.2, 0) is 0 Å². The Balaban J connectivity index is 1.78. The normalized spacial score (nSPS) is 11.0. The molecule has 26 heavy (non-hydrogen) atoms. The topological polar surface area (TPSA) is 106 Å². The van der Waals surface area contributed by atoms with E-state index in [1.165, 1.54) is 18.3 Å². The van der Waals surface area contributed by atoms with Gasteiger partial charge in [-0.25, -0.2) is 4.98 Å². The van der Waals surface area contributed by atoms with Gasteiger partial charge in [0.15, 0.2) is 0 Å². The fraction of sp³-hybridized carbons (Fsp3) is 0.111. The molecule has 0 atom stereocenters. The molecule has 0 aliphatic carbocycles. The van der Waals surface area contributed by atoms with Gasteiger partial charge in [0.2, 0.25) is 0 Å². The minimum atomic E-state index is -0.502. The summed E-state index contributed by atoms with van der Waals surface area (Å²) in [5.74, 6) is 0.636. The zero-order chi connectivity index (χ0) is 18.7. The van der Waals surface area contributed by atoms with Crippen molar-refractivity contribution < 1.29 is 10.0 Å². The lowest BCUT2D eigenvalue weighted by molar-refractivity contribution is -0.385. The van der Waals surface area contributed by atoms with Crippen LogP contribution < -0.4 is 5.43 Å². The molecule has 8 heteroatoms. The van der Waals surface area contributed by atoms with Gasteiger partial charge in [-0.05, 0) is 50.2 Å². The van der Waals surface area contributed by atoms with Gasteiger partial charge in [-0.15, -0.1) is 0 Å². The number of hydrogen-bond donors (Lipinski definition) is 2. The highest BCUT2D eigenvalue weighted by atomic mass is 16.6. The third kappa shape index (κ3) is 3.54. The van der Waals surface area contributed by atoms with Crippen LogP contribution in [0.1, 0.15) is 17.0 Å². The van der Waals surface area contributed by atoms with E-state index in [4.69, 9.17) is 0 Å². The molecule has 1 aromatic carbocycles. The Morgan fingerprint density at radius 1 is 1.23 bits per heavy atom. The molecule has 0 unspecified atom stereocenters. The van der Waals surface area contributed by atoms with Gasteiger partial charge in [-0.3, -0.25) is 15.5 Å². The van der Waals surface area contributed by atoms with Crippen molar-refractivity contribution in [2.45, 2.75) is 13.8 Å². The summed E-state index contributed by atoms with van der Waals surface area (Å²) in [7, 11) is 0. The SMILES string of the molecule is Cc1cc(C=NNc2ccc([N+](=O)[O-])cn2)c(C)n1-c1ccc(O)cc1. The molecule has 0 fully saturated rings. The molecule has 2 N–H and O–H groups in total. The Morgan fingerprint density at radius 2 is 1.96 bits per heavy atom. The summed E-state index contributed by atoms with van der Waals surface area (Å²) in [6.45, 7) is 3.97. The predicted octanol–water partition coefficient (Wildman–Crippen LogP) is 3.55. The van der Waals surface area contributed by atoms with Crippen molar-refractivity contribution in [2.24, 2.45) is 5.10 Å². The number of nitrogens with zero attached hydrogens (tertiary/aromatic N) is 4. The smallest absolute Gasteiger partial charge is 0.287 e. The highest BCUT2D eigenvalue weighted by Gasteiger charge is 2.09. The number of aromatic nitrogens is 2. The molecular weight excluding hydrogens is 334 g/mol. The van der Waals surface area contributed by atoms with Crippen LogP contribution in [0.3, 0.4) is 0 Å². The fourth-order valence-corrected chi connectivity index (χ4v) is 2.65. The largest absolute Gasteiger partial charge is 0.508 e. The summed E-state index contributed by atoms with van der Waals surface area (Å²) in [5, 5.41) is 24.2. The first-order chi connectivity index (χ1) is 12.5. The molecule has 0 aliphatic heterocycles. The van der Waals surface area contributed by atoms with Crippen LogP contribution in [0.15, 0.2) is 53.8 Å². The Hall–Kier alpha value is -3.68. The second kappa shape index (κ2) is 7.06. The van der Waals surface area contributed by atoms with Crippen molar-refractivity contribution in [1.29, 1.82) is 0 Å². The van der Waals surface area contributed by atoms with Gasteiger partial charge < -0.3 is 9.67 Å². The Kier molecular flexibility index (Phi) is 4.66. The molecule has 0 radical (unpaired) electrons. The molecule has 0 aliphatic rings. The van der Waals surface area contributed by atoms with Crippen LogP contribution >= 0.6 is 0 Å². The number of rotatable bonds is 5. The minimum absolute atomic E-state index is 0.0722. The van der Waals surface area contributed by atoms with E-state index >= 15 is 0 Å². The Bertz CT molecular complexity index is 960. The van der Waals surface area contributed by atoms with E-state index in [2.05, 4.69) is 20.1 Å². The van der Waals surface area contributed by atoms with Crippen LogP contribution in [0.4, 0.5) is 11.5 Å². The summed E-state index contributed by atoms with van der Waals surface area (Å²) in [6, 6.07) is 11.8. The van der Waals surface area contributed by atoms with E-state index in [0.717, 1.165) is 22.6 Å². The number of benzene rings is 1. The number of hydrazone groups is 1. The third-order valence-corrected chi connectivity index (χ3v) is 3.92. The maximum atomic E-state index is 10.6. The lowest BCUT2D eigenvalue weighted by Crippen LogP contribution is -1.99. The molecule has 8 nitrogen and oxygen atoms in total. The Morgan fingerprint density at radius 3 is 2.58 bits per heavy atom. The summed E-state index contributed by atoms with van der Waals surface area (Å²) in [6.07, 6.45) is 2.84. The molecule has 0 amide bonds. The average molecular weight is 351 g/mol. The number of nitro groups is 1. The second-order valence-corrected chi connectivity index (χ2v) is 5.71. The molecule has 0 saturated carbocycles. The zero-order valence-corrected chi connectivity index (χ0v) is 14.2. The average Bonchev–Trinajstić information content (AvgIpc) is 2.90. The molecule has 0 saturated heterocycles. The van der Waals surface area contributed by atoms with Gasteiger partial charge in [-0.1, -0.05) is 0 Å². The Labute approximate surface area is 149 Å². The summed E-state index contributed by atoms with van der Waals surface area (Å²) in [5.41, 5.74) is 6.58. The lowest BCUT2D eigenvalue weighted by Gasteiger charge is -2.09. The predicted molar refractivity (Wildman–Crippen MR) is 99.0 cm³/mol. The van der Waals surface area contributed by atoms with Crippen molar-refractivity contribution in [3.05, 3.63) is 75.7 Å². The van der Waals surface area contributed by atoms with E-state index < -0.39 is 4.92 Å². The van der Waals surface area contributed by atoms with Crippen molar-refractivity contribution in [3.8, 4) is 11.4 Å². The third-order valence-electron chi connectivity index (χ3n) is 3.92. The van der Waals surface area contributed by atoms with Gasteiger partial charge in [0.25, 0.3) is 5.69 Å². The monoisotopic (exact) mass is 351 g/mol. The molecule has 132 valence electrons. The van der Waals surface area contributed by atoms with Gasteiger partial charge in [0.1, 0.15) is 17.8 Å². The number of aryl methyl sites for hydroxylation is 1. The van der Waals surface area contributed by atoms with E-state index in [1.807, 2.05) is 32.0 Å². The van der Waals surface area contributed by atoms with E-state index in [1.54, 1.807) is 18.3 Å². The van der Waals surface area contributed by atoms with Gasteiger partial charge >= 0.3 is 0 Å². The number of phenols is 1. The van der Waals surface area contributed by atoms with Crippen molar-refractivity contribution in [3.63, 3.8) is 0 Å². The highest BCUT2D eigenvalue weighted by molar-refractivity contribution is 5.82. The van der Waals surface area contributed by atoms with Crippen LogP contribution in [0.2, 0.25) is 0 Å². The van der Waals surface area contributed by atoms with Crippen molar-refractivity contribution >= 4 is 17.7 Å². The quantitative estimate of drug-likeness (QED) is 0.415. The van der Waals surface area contributed by atoms with E-state index in [9.17, 15) is 15.2 Å². The van der Waals surface area contributed by atoms with Crippen LogP contribution in [0.25, 0.3) is 5.69 Å². The molecule has 2 heterocycles. The number of aromatic hydroxyl groups is 1.